The molecule has 0 aromatic carbocycles. The average Bonchev–Trinajstić information content (AvgIpc) is 2.99. The van der Waals surface area contributed by atoms with E-state index < -0.39 is 5.97 Å². The lowest BCUT2D eigenvalue weighted by molar-refractivity contribution is -0.141. The van der Waals surface area contributed by atoms with Crippen molar-refractivity contribution in [3.05, 3.63) is 21.8 Å². The summed E-state index contributed by atoms with van der Waals surface area (Å²) in [6, 6.07) is 1.85. The van der Waals surface area contributed by atoms with Crippen molar-refractivity contribution in [1.82, 2.24) is 9.55 Å². The van der Waals surface area contributed by atoms with Crippen molar-refractivity contribution >= 4 is 33.5 Å². The lowest BCUT2D eigenvalue weighted by Gasteiger charge is -2.32. The minimum absolute atomic E-state index is 0.0192. The van der Waals surface area contributed by atoms with Gasteiger partial charge in [0.05, 0.1) is 11.4 Å². The Balaban J connectivity index is 2.06. The Morgan fingerprint density at radius 1 is 1.55 bits per heavy atom. The molecular formula is C15H19N3O3S. The maximum atomic E-state index is 12.6. The number of carboxylic acids is 1. The first-order valence-electron chi connectivity index (χ1n) is 7.57. The highest BCUT2D eigenvalue weighted by molar-refractivity contribution is 7.17. The summed E-state index contributed by atoms with van der Waals surface area (Å²) in [5.41, 5.74) is 0.684. The molecular weight excluding hydrogens is 302 g/mol. The van der Waals surface area contributed by atoms with Crippen LogP contribution < -0.4 is 10.5 Å². The molecule has 0 bridgehead atoms. The summed E-state index contributed by atoms with van der Waals surface area (Å²) in [7, 11) is 0. The van der Waals surface area contributed by atoms with Crippen molar-refractivity contribution in [2.24, 2.45) is 5.92 Å². The fourth-order valence-electron chi connectivity index (χ4n) is 2.96. The van der Waals surface area contributed by atoms with Gasteiger partial charge in [0.25, 0.3) is 5.56 Å². The Morgan fingerprint density at radius 2 is 2.36 bits per heavy atom. The molecule has 3 heterocycles. The number of hydrogen-bond acceptors (Lipinski definition) is 5. The van der Waals surface area contributed by atoms with Crippen LogP contribution in [0.4, 0.5) is 5.95 Å². The molecule has 7 heteroatoms. The minimum Gasteiger partial charge on any atom is -0.481 e. The molecule has 0 radical (unpaired) electrons. The lowest BCUT2D eigenvalue weighted by atomic mass is 9.99. The van der Waals surface area contributed by atoms with Crippen molar-refractivity contribution < 1.29 is 9.90 Å². The van der Waals surface area contributed by atoms with Crippen LogP contribution in [0.15, 0.2) is 16.2 Å². The molecule has 0 aliphatic carbocycles. The van der Waals surface area contributed by atoms with Gasteiger partial charge in [0.2, 0.25) is 5.95 Å². The van der Waals surface area contributed by atoms with Gasteiger partial charge in [-0.2, -0.15) is 0 Å². The zero-order valence-corrected chi connectivity index (χ0v) is 13.3. The Kier molecular flexibility index (Phi) is 4.15. The fourth-order valence-corrected chi connectivity index (χ4v) is 3.74. The molecule has 1 N–H and O–H groups in total. The zero-order valence-electron chi connectivity index (χ0n) is 12.5. The third-order valence-electron chi connectivity index (χ3n) is 4.05. The first kappa shape index (κ1) is 15.0. The SMILES string of the molecule is CCCn1c(N2CCCC(C(=O)O)C2)nc2ccsc2c1=O. The van der Waals surface area contributed by atoms with Crippen molar-refractivity contribution in [2.75, 3.05) is 18.0 Å². The van der Waals surface area contributed by atoms with Gasteiger partial charge in [-0.05, 0) is 30.7 Å². The number of anilines is 1. The number of rotatable bonds is 4. The summed E-state index contributed by atoms with van der Waals surface area (Å²) >= 11 is 1.41. The quantitative estimate of drug-likeness (QED) is 0.934. The maximum Gasteiger partial charge on any atom is 0.308 e. The number of carboxylic acid groups (broad SMARTS) is 1. The van der Waals surface area contributed by atoms with E-state index >= 15 is 0 Å². The van der Waals surface area contributed by atoms with Crippen LogP contribution in [0.3, 0.4) is 0 Å². The van der Waals surface area contributed by atoms with Gasteiger partial charge >= 0.3 is 5.97 Å². The van der Waals surface area contributed by atoms with Gasteiger partial charge in [-0.3, -0.25) is 14.2 Å². The van der Waals surface area contributed by atoms with Crippen molar-refractivity contribution in [3.8, 4) is 0 Å². The van der Waals surface area contributed by atoms with Crippen LogP contribution in [0, 0.1) is 5.92 Å². The molecule has 22 heavy (non-hydrogen) atoms. The molecule has 0 saturated carbocycles. The van der Waals surface area contributed by atoms with E-state index in [4.69, 9.17) is 0 Å². The second-order valence-corrected chi connectivity index (χ2v) is 6.54. The number of aromatic nitrogens is 2. The van der Waals surface area contributed by atoms with Gasteiger partial charge in [-0.1, -0.05) is 6.92 Å². The Hall–Kier alpha value is -1.89. The van der Waals surface area contributed by atoms with Gasteiger partial charge in [0.15, 0.2) is 0 Å². The number of carbonyl (C=O) groups is 1. The van der Waals surface area contributed by atoms with Crippen molar-refractivity contribution in [3.63, 3.8) is 0 Å². The van der Waals surface area contributed by atoms with Crippen LogP contribution in [0.5, 0.6) is 0 Å². The maximum absolute atomic E-state index is 12.6. The summed E-state index contributed by atoms with van der Waals surface area (Å²) < 4.78 is 2.37. The summed E-state index contributed by atoms with van der Waals surface area (Å²) in [5.74, 6) is -0.548. The molecule has 0 amide bonds. The van der Waals surface area contributed by atoms with Gasteiger partial charge in [-0.15, -0.1) is 11.3 Å². The molecule has 1 aliphatic rings. The van der Waals surface area contributed by atoms with Crippen LogP contribution in [0.1, 0.15) is 26.2 Å². The fraction of sp³-hybridized carbons (Fsp3) is 0.533. The van der Waals surface area contributed by atoms with E-state index in [9.17, 15) is 14.7 Å². The summed E-state index contributed by atoms with van der Waals surface area (Å²) in [4.78, 5) is 30.5. The van der Waals surface area contributed by atoms with Crippen LogP contribution in [-0.4, -0.2) is 33.7 Å². The molecule has 1 atom stereocenters. The first-order chi connectivity index (χ1) is 10.6. The zero-order chi connectivity index (χ0) is 15.7. The normalized spacial score (nSPS) is 18.8. The molecule has 1 aliphatic heterocycles. The third-order valence-corrected chi connectivity index (χ3v) is 4.94. The molecule has 1 unspecified atom stereocenters. The average molecular weight is 321 g/mol. The monoisotopic (exact) mass is 321 g/mol. The highest BCUT2D eigenvalue weighted by atomic mass is 32.1. The van der Waals surface area contributed by atoms with Gasteiger partial charge in [0, 0.05) is 19.6 Å². The number of fused-ring (bicyclic) bond motifs is 1. The van der Waals surface area contributed by atoms with E-state index in [0.29, 0.717) is 35.7 Å². The number of aliphatic carboxylic acids is 1. The molecule has 2 aromatic rings. The van der Waals surface area contributed by atoms with Crippen LogP contribution >= 0.6 is 11.3 Å². The van der Waals surface area contributed by atoms with Crippen LogP contribution in [-0.2, 0) is 11.3 Å². The summed E-state index contributed by atoms with van der Waals surface area (Å²) in [6.45, 7) is 3.78. The number of nitrogens with zero attached hydrogens (tertiary/aromatic N) is 3. The summed E-state index contributed by atoms with van der Waals surface area (Å²) in [5, 5.41) is 11.1. The number of piperidine rings is 1. The van der Waals surface area contributed by atoms with Crippen LogP contribution in [0.2, 0.25) is 0 Å². The van der Waals surface area contributed by atoms with E-state index in [-0.39, 0.29) is 11.5 Å². The van der Waals surface area contributed by atoms with E-state index in [1.54, 1.807) is 4.57 Å². The van der Waals surface area contributed by atoms with Gasteiger partial charge < -0.3 is 10.0 Å². The summed E-state index contributed by atoms with van der Waals surface area (Å²) in [6.07, 6.45) is 2.33. The molecule has 0 spiro atoms. The lowest BCUT2D eigenvalue weighted by Crippen LogP contribution is -2.42. The van der Waals surface area contributed by atoms with Crippen LogP contribution in [0.25, 0.3) is 10.2 Å². The van der Waals surface area contributed by atoms with E-state index in [0.717, 1.165) is 19.4 Å². The van der Waals surface area contributed by atoms with E-state index in [2.05, 4.69) is 4.98 Å². The Labute approximate surface area is 132 Å². The predicted molar refractivity (Wildman–Crippen MR) is 86.7 cm³/mol. The number of thiophene rings is 1. The largest absolute Gasteiger partial charge is 0.481 e. The van der Waals surface area contributed by atoms with Crippen molar-refractivity contribution in [1.29, 1.82) is 0 Å². The highest BCUT2D eigenvalue weighted by Gasteiger charge is 2.28. The smallest absolute Gasteiger partial charge is 0.308 e. The second-order valence-electron chi connectivity index (χ2n) is 5.63. The van der Waals surface area contributed by atoms with E-state index in [1.165, 1.54) is 11.3 Å². The first-order valence-corrected chi connectivity index (χ1v) is 8.45. The predicted octanol–water partition coefficient (Wildman–Crippen LogP) is 2.17. The second kappa shape index (κ2) is 6.08. The molecule has 2 aromatic heterocycles. The molecule has 118 valence electrons. The van der Waals surface area contributed by atoms with Crippen molar-refractivity contribution in [2.45, 2.75) is 32.7 Å². The Morgan fingerprint density at radius 3 is 3.09 bits per heavy atom. The third kappa shape index (κ3) is 2.61. The topological polar surface area (TPSA) is 75.4 Å². The standard InChI is InChI=1S/C15H19N3O3S/c1-2-6-18-13(19)12-11(5-8-22-12)16-15(18)17-7-3-4-10(9-17)14(20)21/h5,8,10H,2-4,6-7,9H2,1H3,(H,20,21). The number of hydrogen-bond donors (Lipinski definition) is 1. The van der Waals surface area contributed by atoms with Gasteiger partial charge in [0.1, 0.15) is 4.70 Å². The molecule has 1 saturated heterocycles. The Bertz CT molecular complexity index is 752. The molecule has 3 rings (SSSR count). The van der Waals surface area contributed by atoms with E-state index in [1.807, 2.05) is 23.3 Å². The highest BCUT2D eigenvalue weighted by Crippen LogP contribution is 2.24. The molecule has 6 nitrogen and oxygen atoms in total. The molecule has 1 fully saturated rings. The van der Waals surface area contributed by atoms with Gasteiger partial charge in [-0.25, -0.2) is 4.98 Å². The minimum atomic E-state index is -0.773.